The molecule has 1 amide bonds. The average Bonchev–Trinajstić information content (AvgIpc) is 2.87. The van der Waals surface area contributed by atoms with Crippen LogP contribution in [0.2, 0.25) is 18.1 Å². The topological polar surface area (TPSA) is 42.0 Å². The van der Waals surface area contributed by atoms with Crippen molar-refractivity contribution in [3.63, 3.8) is 0 Å². The van der Waals surface area contributed by atoms with Gasteiger partial charge >= 0.3 is 6.09 Å². The van der Waals surface area contributed by atoms with E-state index in [0.29, 0.717) is 13.2 Å². The first-order chi connectivity index (χ1) is 17.1. The van der Waals surface area contributed by atoms with E-state index in [2.05, 4.69) is 87.3 Å². The molecule has 5 nitrogen and oxygen atoms in total. The molecular formula is C30H42N2O3Si. The summed E-state index contributed by atoms with van der Waals surface area (Å²) in [5, 5.41) is 0.142. The van der Waals surface area contributed by atoms with Crippen LogP contribution in [0.25, 0.3) is 0 Å². The number of benzene rings is 2. The van der Waals surface area contributed by atoms with Crippen LogP contribution >= 0.6 is 0 Å². The third kappa shape index (κ3) is 4.94. The monoisotopic (exact) mass is 506 g/mol. The zero-order valence-corrected chi connectivity index (χ0v) is 23.7. The summed E-state index contributed by atoms with van der Waals surface area (Å²) in [5.41, 5.74) is 3.79. The molecule has 194 valence electrons. The van der Waals surface area contributed by atoms with Crippen LogP contribution < -0.4 is 4.43 Å². The highest BCUT2D eigenvalue weighted by Crippen LogP contribution is 2.42. The van der Waals surface area contributed by atoms with E-state index in [0.717, 1.165) is 56.6 Å². The molecule has 0 saturated carbocycles. The van der Waals surface area contributed by atoms with Gasteiger partial charge in [-0.2, -0.15) is 0 Å². The Hall–Kier alpha value is -2.31. The Morgan fingerprint density at radius 2 is 1.61 bits per heavy atom. The van der Waals surface area contributed by atoms with Gasteiger partial charge in [0, 0.05) is 12.0 Å². The minimum atomic E-state index is -1.91. The second-order valence-electron chi connectivity index (χ2n) is 12.6. The van der Waals surface area contributed by atoms with Crippen molar-refractivity contribution < 1.29 is 14.0 Å². The van der Waals surface area contributed by atoms with E-state index in [-0.39, 0.29) is 22.6 Å². The minimum absolute atomic E-state index is 0.142. The molecule has 3 fully saturated rings. The van der Waals surface area contributed by atoms with Crippen molar-refractivity contribution in [1.29, 1.82) is 0 Å². The summed E-state index contributed by atoms with van der Waals surface area (Å²) in [6.07, 6.45) is 4.10. The van der Waals surface area contributed by atoms with Crippen molar-refractivity contribution in [3.8, 4) is 5.75 Å². The standard InChI is InChI=1S/C30H42N2O3Si/c1-29(2,3)36(4,5)35-25-12-10-24(11-13-25)27-26-9-7-6-8-23(26)14-18-32(27)28(33)34-22-30-15-19-31(20-16-30)21-17-30/h6-13,27H,14-22H2,1-5H3/t27-/m0/s1. The second-order valence-corrected chi connectivity index (χ2v) is 17.3. The third-order valence-electron chi connectivity index (χ3n) is 9.27. The van der Waals surface area contributed by atoms with Crippen LogP contribution in [-0.2, 0) is 11.2 Å². The molecule has 2 bridgehead atoms. The number of hydrogen-bond donors (Lipinski definition) is 0. The van der Waals surface area contributed by atoms with Crippen LogP contribution in [0.4, 0.5) is 4.79 Å². The lowest BCUT2D eigenvalue weighted by Gasteiger charge is -2.48. The molecule has 3 saturated heterocycles. The molecule has 6 rings (SSSR count). The van der Waals surface area contributed by atoms with Gasteiger partial charge in [0.15, 0.2) is 0 Å². The van der Waals surface area contributed by atoms with E-state index in [1.165, 1.54) is 11.1 Å². The van der Waals surface area contributed by atoms with Crippen molar-refractivity contribution >= 4 is 14.4 Å². The molecule has 0 aromatic heterocycles. The largest absolute Gasteiger partial charge is 0.544 e. The van der Waals surface area contributed by atoms with Gasteiger partial charge in [0.1, 0.15) is 5.75 Å². The van der Waals surface area contributed by atoms with Gasteiger partial charge in [0.05, 0.1) is 12.6 Å². The zero-order chi connectivity index (χ0) is 25.6. The Bertz CT molecular complexity index is 1070. The maximum atomic E-state index is 13.5. The molecule has 4 heterocycles. The van der Waals surface area contributed by atoms with Gasteiger partial charge in [-0.1, -0.05) is 57.2 Å². The Kier molecular flexibility index (Phi) is 6.71. The average molecular weight is 507 g/mol. The Balaban J connectivity index is 1.36. The number of piperidine rings is 3. The molecule has 2 aromatic carbocycles. The highest BCUT2D eigenvalue weighted by molar-refractivity contribution is 6.74. The molecule has 0 radical (unpaired) electrons. The molecule has 36 heavy (non-hydrogen) atoms. The summed E-state index contributed by atoms with van der Waals surface area (Å²) in [7, 11) is -1.91. The third-order valence-corrected chi connectivity index (χ3v) is 13.6. The summed E-state index contributed by atoms with van der Waals surface area (Å²) >= 11 is 0. The van der Waals surface area contributed by atoms with E-state index in [4.69, 9.17) is 9.16 Å². The van der Waals surface area contributed by atoms with Gasteiger partial charge < -0.3 is 14.1 Å². The van der Waals surface area contributed by atoms with Gasteiger partial charge in [-0.15, -0.1) is 0 Å². The number of fused-ring (bicyclic) bond motifs is 4. The fraction of sp³-hybridized carbons (Fsp3) is 0.567. The van der Waals surface area contributed by atoms with Crippen molar-refractivity contribution in [2.24, 2.45) is 5.41 Å². The predicted octanol–water partition coefficient (Wildman–Crippen LogP) is 6.64. The summed E-state index contributed by atoms with van der Waals surface area (Å²) < 4.78 is 12.6. The van der Waals surface area contributed by atoms with Crippen LogP contribution in [0.5, 0.6) is 5.75 Å². The Morgan fingerprint density at radius 3 is 2.25 bits per heavy atom. The lowest BCUT2D eigenvalue weighted by atomic mass is 9.73. The highest BCUT2D eigenvalue weighted by Gasteiger charge is 2.42. The molecule has 4 aliphatic rings. The fourth-order valence-corrected chi connectivity index (χ4v) is 6.73. The highest BCUT2D eigenvalue weighted by atomic mass is 28.4. The number of nitrogens with zero attached hydrogens (tertiary/aromatic N) is 2. The van der Waals surface area contributed by atoms with Crippen LogP contribution in [0.15, 0.2) is 48.5 Å². The van der Waals surface area contributed by atoms with Gasteiger partial charge in [-0.05, 0) is 92.3 Å². The molecule has 0 N–H and O–H groups in total. The van der Waals surface area contributed by atoms with E-state index < -0.39 is 8.32 Å². The van der Waals surface area contributed by atoms with E-state index in [9.17, 15) is 4.79 Å². The van der Waals surface area contributed by atoms with Gasteiger partial charge in [-0.25, -0.2) is 4.79 Å². The quantitative estimate of drug-likeness (QED) is 0.426. The molecule has 6 heteroatoms. The normalized spacial score (nSPS) is 25.9. The van der Waals surface area contributed by atoms with Gasteiger partial charge in [-0.3, -0.25) is 4.90 Å². The maximum absolute atomic E-state index is 13.5. The number of carbonyl (C=O) groups excluding carboxylic acids is 1. The van der Waals surface area contributed by atoms with Crippen molar-refractivity contribution in [2.45, 2.75) is 70.6 Å². The Morgan fingerprint density at radius 1 is 0.972 bits per heavy atom. The number of carbonyl (C=O) groups is 1. The molecular weight excluding hydrogens is 464 g/mol. The van der Waals surface area contributed by atoms with Crippen LogP contribution in [0, 0.1) is 5.41 Å². The van der Waals surface area contributed by atoms with Crippen molar-refractivity contribution in [1.82, 2.24) is 9.80 Å². The van der Waals surface area contributed by atoms with Crippen LogP contribution in [0.3, 0.4) is 0 Å². The Labute approximate surface area is 217 Å². The predicted molar refractivity (Wildman–Crippen MR) is 147 cm³/mol. The van der Waals surface area contributed by atoms with E-state index in [1.54, 1.807) is 0 Å². The second kappa shape index (κ2) is 9.53. The molecule has 0 spiro atoms. The molecule has 0 aliphatic carbocycles. The lowest BCUT2D eigenvalue weighted by Crippen LogP contribution is -2.51. The number of amides is 1. The fourth-order valence-electron chi connectivity index (χ4n) is 5.70. The van der Waals surface area contributed by atoms with Crippen molar-refractivity contribution in [3.05, 3.63) is 65.2 Å². The van der Waals surface area contributed by atoms with Crippen LogP contribution in [-0.4, -0.2) is 57.0 Å². The van der Waals surface area contributed by atoms with E-state index >= 15 is 0 Å². The van der Waals surface area contributed by atoms with Crippen molar-refractivity contribution in [2.75, 3.05) is 32.8 Å². The molecule has 1 atom stereocenters. The first-order valence-corrected chi connectivity index (χ1v) is 16.5. The first-order valence-electron chi connectivity index (χ1n) is 13.6. The summed E-state index contributed by atoms with van der Waals surface area (Å²) in [4.78, 5) is 18.0. The lowest BCUT2D eigenvalue weighted by molar-refractivity contribution is -0.0300. The number of hydrogen-bond acceptors (Lipinski definition) is 4. The van der Waals surface area contributed by atoms with E-state index in [1.807, 2.05) is 4.90 Å². The van der Waals surface area contributed by atoms with Gasteiger partial charge in [0.25, 0.3) is 0 Å². The number of ether oxygens (including phenoxy) is 1. The smallest absolute Gasteiger partial charge is 0.410 e. The summed E-state index contributed by atoms with van der Waals surface area (Å²) in [5.74, 6) is 0.909. The zero-order valence-electron chi connectivity index (χ0n) is 22.7. The summed E-state index contributed by atoms with van der Waals surface area (Å²) in [6.45, 7) is 15.9. The maximum Gasteiger partial charge on any atom is 0.410 e. The first kappa shape index (κ1) is 25.3. The molecule has 2 aromatic rings. The molecule has 0 unspecified atom stereocenters. The molecule has 4 aliphatic heterocycles. The summed E-state index contributed by atoms with van der Waals surface area (Å²) in [6, 6.07) is 16.8. The SMILES string of the molecule is CC(C)(C)[Si](C)(C)Oc1ccc([C@H]2c3ccccc3CCN2C(=O)OCC23CCN(CC2)CC3)cc1. The number of rotatable bonds is 5. The van der Waals surface area contributed by atoms with Crippen LogP contribution in [0.1, 0.15) is 62.8 Å². The minimum Gasteiger partial charge on any atom is -0.544 e. The van der Waals surface area contributed by atoms with Gasteiger partial charge in [0.2, 0.25) is 8.32 Å².